The summed E-state index contributed by atoms with van der Waals surface area (Å²) >= 11 is 1.41. The summed E-state index contributed by atoms with van der Waals surface area (Å²) in [7, 11) is 0. The Morgan fingerprint density at radius 3 is 1.91 bits per heavy atom. The molecule has 0 radical (unpaired) electrons. The van der Waals surface area contributed by atoms with Gasteiger partial charge in [-0.1, -0.05) is 25.1 Å². The second-order valence-corrected chi connectivity index (χ2v) is 5.94. The standard InChI is InChI=1S/C13H21N5O4S/c1-4-5-6-23-13-17-11(14-7(2)9(19)20)16-12(18-13)15-8(3)10(21)22/h7-8H,4-6H2,1-3H3,(H,19,20)(H,21,22)(H2,14,15,16,17,18). The molecule has 0 amide bonds. The predicted molar refractivity (Wildman–Crippen MR) is 86.9 cm³/mol. The van der Waals surface area contributed by atoms with E-state index in [4.69, 9.17) is 10.2 Å². The lowest BCUT2D eigenvalue weighted by molar-refractivity contribution is -0.138. The Morgan fingerprint density at radius 1 is 1.04 bits per heavy atom. The average molecular weight is 343 g/mol. The Bertz CT molecular complexity index is 517. The van der Waals surface area contributed by atoms with Gasteiger partial charge >= 0.3 is 11.9 Å². The van der Waals surface area contributed by atoms with E-state index in [0.29, 0.717) is 5.16 Å². The molecule has 0 saturated carbocycles. The van der Waals surface area contributed by atoms with Crippen LogP contribution in [0, 0.1) is 0 Å². The minimum absolute atomic E-state index is 0.0917. The lowest BCUT2D eigenvalue weighted by Gasteiger charge is -2.13. The first-order chi connectivity index (χ1) is 10.8. The highest BCUT2D eigenvalue weighted by Crippen LogP contribution is 2.18. The summed E-state index contributed by atoms with van der Waals surface area (Å²) in [6.07, 6.45) is 2.01. The van der Waals surface area contributed by atoms with Crippen LogP contribution >= 0.6 is 11.8 Å². The summed E-state index contributed by atoms with van der Waals surface area (Å²) < 4.78 is 0. The summed E-state index contributed by atoms with van der Waals surface area (Å²) in [4.78, 5) is 34.2. The Morgan fingerprint density at radius 2 is 1.52 bits per heavy atom. The summed E-state index contributed by atoms with van der Waals surface area (Å²) in [5.74, 6) is -1.09. The SMILES string of the molecule is CCCCSc1nc(NC(C)C(=O)O)nc(NC(C)C(=O)O)n1. The number of aliphatic carboxylic acids is 2. The molecule has 0 aliphatic rings. The van der Waals surface area contributed by atoms with Gasteiger partial charge < -0.3 is 20.8 Å². The van der Waals surface area contributed by atoms with Crippen molar-refractivity contribution in [3.63, 3.8) is 0 Å². The monoisotopic (exact) mass is 343 g/mol. The molecule has 10 heteroatoms. The number of thioether (sulfide) groups is 1. The zero-order valence-electron chi connectivity index (χ0n) is 13.2. The van der Waals surface area contributed by atoms with Gasteiger partial charge in [0.25, 0.3) is 0 Å². The maximum absolute atomic E-state index is 10.9. The van der Waals surface area contributed by atoms with Crippen molar-refractivity contribution in [1.82, 2.24) is 15.0 Å². The van der Waals surface area contributed by atoms with E-state index < -0.39 is 24.0 Å². The predicted octanol–water partition coefficient (Wildman–Crippen LogP) is 1.53. The molecule has 128 valence electrons. The van der Waals surface area contributed by atoms with Crippen LogP contribution in [0.3, 0.4) is 0 Å². The first kappa shape index (κ1) is 18.9. The number of unbranched alkanes of at least 4 members (excludes halogenated alkanes) is 1. The van der Waals surface area contributed by atoms with E-state index >= 15 is 0 Å². The van der Waals surface area contributed by atoms with Crippen LogP contribution in [0.15, 0.2) is 5.16 Å². The molecule has 0 fully saturated rings. The van der Waals surface area contributed by atoms with E-state index in [9.17, 15) is 9.59 Å². The van der Waals surface area contributed by atoms with Gasteiger partial charge in [0.1, 0.15) is 12.1 Å². The van der Waals surface area contributed by atoms with Crippen LogP contribution in [0.1, 0.15) is 33.6 Å². The van der Waals surface area contributed by atoms with Crippen molar-refractivity contribution in [3.8, 4) is 0 Å². The number of anilines is 2. The van der Waals surface area contributed by atoms with Crippen molar-refractivity contribution < 1.29 is 19.8 Å². The van der Waals surface area contributed by atoms with Gasteiger partial charge in [-0.25, -0.2) is 0 Å². The summed E-state index contributed by atoms with van der Waals surface area (Å²) in [6.45, 7) is 4.99. The third-order valence-electron chi connectivity index (χ3n) is 2.78. The Balaban J connectivity index is 2.95. The lowest BCUT2D eigenvalue weighted by Crippen LogP contribution is -2.29. The molecule has 1 aromatic heterocycles. The molecule has 2 unspecified atom stereocenters. The molecule has 0 saturated heterocycles. The molecular weight excluding hydrogens is 322 g/mol. The van der Waals surface area contributed by atoms with Gasteiger partial charge in [0.05, 0.1) is 0 Å². The largest absolute Gasteiger partial charge is 0.480 e. The third kappa shape index (κ3) is 6.68. The molecule has 0 aromatic carbocycles. The number of aromatic nitrogens is 3. The summed E-state index contributed by atoms with van der Waals surface area (Å²) in [6, 6.07) is -1.76. The van der Waals surface area contributed by atoms with Gasteiger partial charge in [0.15, 0.2) is 5.16 Å². The highest BCUT2D eigenvalue weighted by Gasteiger charge is 2.17. The molecule has 1 heterocycles. The van der Waals surface area contributed by atoms with Crippen LogP contribution in [0.2, 0.25) is 0 Å². The van der Waals surface area contributed by atoms with Gasteiger partial charge in [0.2, 0.25) is 11.9 Å². The first-order valence-corrected chi connectivity index (χ1v) is 8.19. The van der Waals surface area contributed by atoms with Crippen LogP contribution in [0.25, 0.3) is 0 Å². The van der Waals surface area contributed by atoms with Gasteiger partial charge in [-0.05, 0) is 20.3 Å². The van der Waals surface area contributed by atoms with Crippen LogP contribution in [0.5, 0.6) is 0 Å². The Kier molecular flexibility index (Phi) is 7.52. The normalized spacial score (nSPS) is 13.2. The molecule has 9 nitrogen and oxygen atoms in total. The molecule has 23 heavy (non-hydrogen) atoms. The van der Waals surface area contributed by atoms with E-state index in [-0.39, 0.29) is 11.9 Å². The molecule has 0 spiro atoms. The number of carboxylic acid groups (broad SMARTS) is 2. The minimum atomic E-state index is -1.04. The zero-order valence-corrected chi connectivity index (χ0v) is 14.1. The second kappa shape index (κ2) is 9.13. The molecule has 4 N–H and O–H groups in total. The van der Waals surface area contributed by atoms with E-state index in [1.165, 1.54) is 25.6 Å². The van der Waals surface area contributed by atoms with Crippen molar-refractivity contribution in [2.75, 3.05) is 16.4 Å². The number of hydrogen-bond acceptors (Lipinski definition) is 8. The minimum Gasteiger partial charge on any atom is -0.480 e. The molecule has 2 atom stereocenters. The van der Waals surface area contributed by atoms with E-state index in [1.54, 1.807) is 0 Å². The van der Waals surface area contributed by atoms with Crippen LogP contribution in [-0.2, 0) is 9.59 Å². The fourth-order valence-corrected chi connectivity index (χ4v) is 2.29. The van der Waals surface area contributed by atoms with E-state index in [0.717, 1.165) is 18.6 Å². The number of hydrogen-bond donors (Lipinski definition) is 4. The molecule has 0 bridgehead atoms. The summed E-state index contributed by atoms with van der Waals surface area (Å²) in [5.41, 5.74) is 0. The lowest BCUT2D eigenvalue weighted by atomic mass is 10.3. The van der Waals surface area contributed by atoms with Gasteiger partial charge in [-0.2, -0.15) is 15.0 Å². The van der Waals surface area contributed by atoms with Crippen molar-refractivity contribution in [1.29, 1.82) is 0 Å². The Labute approximate surface area is 138 Å². The third-order valence-corrected chi connectivity index (χ3v) is 3.71. The maximum Gasteiger partial charge on any atom is 0.325 e. The number of rotatable bonds is 10. The fraction of sp³-hybridized carbons (Fsp3) is 0.615. The van der Waals surface area contributed by atoms with E-state index in [2.05, 4.69) is 32.5 Å². The van der Waals surface area contributed by atoms with Gasteiger partial charge in [0, 0.05) is 5.75 Å². The molecule has 1 aromatic rings. The maximum atomic E-state index is 10.9. The number of carbonyl (C=O) groups is 2. The van der Waals surface area contributed by atoms with Crippen LogP contribution in [0.4, 0.5) is 11.9 Å². The van der Waals surface area contributed by atoms with Crippen LogP contribution in [-0.4, -0.2) is 54.9 Å². The fourth-order valence-electron chi connectivity index (χ4n) is 1.37. The van der Waals surface area contributed by atoms with Gasteiger partial charge in [-0.15, -0.1) is 0 Å². The topological polar surface area (TPSA) is 137 Å². The smallest absolute Gasteiger partial charge is 0.325 e. The van der Waals surface area contributed by atoms with Crippen molar-refractivity contribution in [2.45, 2.75) is 50.9 Å². The highest BCUT2D eigenvalue weighted by molar-refractivity contribution is 7.99. The van der Waals surface area contributed by atoms with E-state index in [1.807, 2.05) is 0 Å². The average Bonchev–Trinajstić information content (AvgIpc) is 2.47. The number of nitrogens with one attached hydrogen (secondary N) is 2. The first-order valence-electron chi connectivity index (χ1n) is 7.21. The molecular formula is C13H21N5O4S. The van der Waals surface area contributed by atoms with Gasteiger partial charge in [-0.3, -0.25) is 9.59 Å². The summed E-state index contributed by atoms with van der Waals surface area (Å²) in [5, 5.41) is 23.6. The molecule has 1 rings (SSSR count). The second-order valence-electron chi connectivity index (χ2n) is 4.88. The number of carboxylic acids is 2. The quantitative estimate of drug-likeness (QED) is 0.365. The van der Waals surface area contributed by atoms with Crippen molar-refractivity contribution in [2.24, 2.45) is 0 Å². The van der Waals surface area contributed by atoms with Crippen LogP contribution < -0.4 is 10.6 Å². The zero-order chi connectivity index (χ0) is 17.4. The Hall–Kier alpha value is -2.10. The highest BCUT2D eigenvalue weighted by atomic mass is 32.2. The van der Waals surface area contributed by atoms with Crippen molar-refractivity contribution in [3.05, 3.63) is 0 Å². The van der Waals surface area contributed by atoms with Crippen molar-refractivity contribution >= 4 is 35.6 Å². The number of nitrogens with zero attached hydrogens (tertiary/aromatic N) is 3. The molecule has 0 aliphatic heterocycles. The molecule has 0 aliphatic carbocycles.